The molecule has 8 nitrogen and oxygen atoms in total. The number of aromatic nitrogens is 1. The van der Waals surface area contributed by atoms with Crippen LogP contribution >= 0.6 is 0 Å². The van der Waals surface area contributed by atoms with E-state index in [2.05, 4.69) is 4.98 Å². The number of non-ortho nitro benzene ring substituents is 1. The molecule has 1 unspecified atom stereocenters. The lowest BCUT2D eigenvalue weighted by atomic mass is 9.93. The molecule has 0 spiro atoms. The Kier molecular flexibility index (Phi) is 4.20. The predicted molar refractivity (Wildman–Crippen MR) is 86.5 cm³/mol. The minimum Gasteiger partial charge on any atom is -0.462 e. The molecule has 128 valence electrons. The molecule has 0 amide bonds. The Morgan fingerprint density at radius 2 is 2.08 bits per heavy atom. The van der Waals surface area contributed by atoms with E-state index in [9.17, 15) is 20.0 Å². The second kappa shape index (κ2) is 6.33. The van der Waals surface area contributed by atoms with E-state index in [0.717, 1.165) is 0 Å². The van der Waals surface area contributed by atoms with Crippen molar-refractivity contribution in [1.29, 1.82) is 0 Å². The number of benzene rings is 1. The summed E-state index contributed by atoms with van der Waals surface area (Å²) in [5.41, 5.74) is 0.256. The molecule has 1 aromatic heterocycles. The van der Waals surface area contributed by atoms with Gasteiger partial charge in [-0.2, -0.15) is 0 Å². The topological polar surface area (TPSA) is 112 Å². The molecule has 0 radical (unpaired) electrons. The summed E-state index contributed by atoms with van der Waals surface area (Å²) in [6.45, 7) is 1.73. The van der Waals surface area contributed by atoms with E-state index in [1.54, 1.807) is 6.92 Å². The summed E-state index contributed by atoms with van der Waals surface area (Å²) in [6, 6.07) is 6.90. The van der Waals surface area contributed by atoms with Crippen LogP contribution in [-0.2, 0) is 15.3 Å². The highest BCUT2D eigenvalue weighted by atomic mass is 16.6. The first-order valence-corrected chi connectivity index (χ1v) is 7.45. The second-order valence-electron chi connectivity index (χ2n) is 5.24. The van der Waals surface area contributed by atoms with E-state index in [1.165, 1.54) is 48.8 Å². The van der Waals surface area contributed by atoms with Crippen molar-refractivity contribution < 1.29 is 24.3 Å². The smallest absolute Gasteiger partial charge is 0.341 e. The number of esters is 1. The van der Waals surface area contributed by atoms with Crippen molar-refractivity contribution in [2.24, 2.45) is 0 Å². The Bertz CT molecular complexity index is 865. The van der Waals surface area contributed by atoms with Crippen LogP contribution in [0.3, 0.4) is 0 Å². The summed E-state index contributed by atoms with van der Waals surface area (Å²) >= 11 is 0. The third kappa shape index (κ3) is 2.94. The van der Waals surface area contributed by atoms with Gasteiger partial charge in [-0.15, -0.1) is 0 Å². The van der Waals surface area contributed by atoms with Crippen LogP contribution < -0.4 is 4.74 Å². The lowest BCUT2D eigenvalue weighted by molar-refractivity contribution is -0.384. The van der Waals surface area contributed by atoms with Crippen LogP contribution in [0.15, 0.2) is 48.3 Å². The lowest BCUT2D eigenvalue weighted by Gasteiger charge is -2.34. The number of rotatable bonds is 4. The van der Waals surface area contributed by atoms with Gasteiger partial charge >= 0.3 is 5.97 Å². The molecule has 25 heavy (non-hydrogen) atoms. The molecule has 1 aliphatic heterocycles. The summed E-state index contributed by atoms with van der Waals surface area (Å²) in [5, 5.41) is 22.0. The molecule has 2 heterocycles. The van der Waals surface area contributed by atoms with Gasteiger partial charge in [0.1, 0.15) is 11.3 Å². The minimum absolute atomic E-state index is 0.102. The number of nitro groups is 1. The number of carbonyl (C=O) groups excluding carboxylic acids is 1. The standard InChI is InChI=1S/C17H14N2O6/c1-2-24-16(20)14-10-11-9-13(19(22)23)3-4-15(11)25-17(14,21)12-5-7-18-8-6-12/h3-10,21H,2H2,1H3. The van der Waals surface area contributed by atoms with Gasteiger partial charge in [-0.25, -0.2) is 4.79 Å². The highest BCUT2D eigenvalue weighted by Gasteiger charge is 2.44. The van der Waals surface area contributed by atoms with Gasteiger partial charge in [0, 0.05) is 35.7 Å². The number of hydrogen-bond donors (Lipinski definition) is 1. The normalized spacial score (nSPS) is 18.6. The van der Waals surface area contributed by atoms with E-state index in [1.807, 2.05) is 0 Å². The van der Waals surface area contributed by atoms with E-state index >= 15 is 0 Å². The first kappa shape index (κ1) is 16.6. The van der Waals surface area contributed by atoms with Crippen LogP contribution in [0.4, 0.5) is 5.69 Å². The highest BCUT2D eigenvalue weighted by molar-refractivity contribution is 5.97. The molecular weight excluding hydrogens is 328 g/mol. The van der Waals surface area contributed by atoms with Gasteiger partial charge in [0.15, 0.2) is 0 Å². The molecule has 1 aliphatic rings. The predicted octanol–water partition coefficient (Wildman–Crippen LogP) is 2.17. The van der Waals surface area contributed by atoms with Gasteiger partial charge in [-0.1, -0.05) is 0 Å². The van der Waals surface area contributed by atoms with Crippen LogP contribution in [0.2, 0.25) is 0 Å². The molecule has 0 fully saturated rings. The molecule has 1 aromatic carbocycles. The monoisotopic (exact) mass is 342 g/mol. The van der Waals surface area contributed by atoms with Crippen LogP contribution in [0.1, 0.15) is 18.1 Å². The molecular formula is C17H14N2O6. The maximum Gasteiger partial charge on any atom is 0.341 e. The Morgan fingerprint density at radius 1 is 1.36 bits per heavy atom. The van der Waals surface area contributed by atoms with Crippen LogP contribution in [0.25, 0.3) is 6.08 Å². The first-order valence-electron chi connectivity index (χ1n) is 7.45. The number of fused-ring (bicyclic) bond motifs is 1. The average Bonchev–Trinajstić information content (AvgIpc) is 2.61. The van der Waals surface area contributed by atoms with Gasteiger partial charge in [0.25, 0.3) is 11.5 Å². The van der Waals surface area contributed by atoms with E-state index < -0.39 is 16.7 Å². The molecule has 3 rings (SSSR count). The summed E-state index contributed by atoms with van der Waals surface area (Å²) in [6.07, 6.45) is 4.24. The maximum absolute atomic E-state index is 12.3. The quantitative estimate of drug-likeness (QED) is 0.515. The number of ether oxygens (including phenoxy) is 2. The van der Waals surface area contributed by atoms with Crippen molar-refractivity contribution in [3.63, 3.8) is 0 Å². The maximum atomic E-state index is 12.3. The summed E-state index contributed by atoms with van der Waals surface area (Å²) in [4.78, 5) is 26.6. The van der Waals surface area contributed by atoms with Gasteiger partial charge in [0.2, 0.25) is 0 Å². The molecule has 0 aliphatic carbocycles. The van der Waals surface area contributed by atoms with Crippen molar-refractivity contribution in [3.05, 3.63) is 69.5 Å². The largest absolute Gasteiger partial charge is 0.462 e. The third-order valence-electron chi connectivity index (χ3n) is 3.69. The molecule has 1 atom stereocenters. The van der Waals surface area contributed by atoms with Gasteiger partial charge in [-0.3, -0.25) is 15.1 Å². The van der Waals surface area contributed by atoms with Crippen molar-refractivity contribution in [2.75, 3.05) is 6.61 Å². The zero-order chi connectivity index (χ0) is 18.0. The Morgan fingerprint density at radius 3 is 2.72 bits per heavy atom. The van der Waals surface area contributed by atoms with Crippen LogP contribution in [0, 0.1) is 10.1 Å². The first-order chi connectivity index (χ1) is 12.0. The van der Waals surface area contributed by atoms with Gasteiger partial charge < -0.3 is 14.6 Å². The highest BCUT2D eigenvalue weighted by Crippen LogP contribution is 2.41. The van der Waals surface area contributed by atoms with Crippen molar-refractivity contribution in [1.82, 2.24) is 4.98 Å². The molecule has 0 bridgehead atoms. The van der Waals surface area contributed by atoms with E-state index in [0.29, 0.717) is 5.56 Å². The number of carbonyl (C=O) groups is 1. The van der Waals surface area contributed by atoms with E-state index in [4.69, 9.17) is 9.47 Å². The Hall–Kier alpha value is -3.26. The Labute approximate surface area is 142 Å². The Balaban J connectivity index is 2.16. The second-order valence-corrected chi connectivity index (χ2v) is 5.24. The molecule has 2 aromatic rings. The number of nitro benzene ring substituents is 1. The molecule has 8 heteroatoms. The molecule has 1 N–H and O–H groups in total. The molecule has 0 saturated heterocycles. The minimum atomic E-state index is -2.08. The fourth-order valence-corrected chi connectivity index (χ4v) is 2.52. The van der Waals surface area contributed by atoms with Gasteiger partial charge in [-0.05, 0) is 31.2 Å². The van der Waals surface area contributed by atoms with Crippen molar-refractivity contribution in [2.45, 2.75) is 12.7 Å². The van der Waals surface area contributed by atoms with Crippen molar-refractivity contribution >= 4 is 17.7 Å². The fraction of sp³-hybridized carbons (Fsp3) is 0.176. The number of pyridine rings is 1. The van der Waals surface area contributed by atoms with Gasteiger partial charge in [0.05, 0.1) is 11.5 Å². The van der Waals surface area contributed by atoms with Crippen LogP contribution in [0.5, 0.6) is 5.75 Å². The van der Waals surface area contributed by atoms with Crippen molar-refractivity contribution in [3.8, 4) is 5.75 Å². The zero-order valence-electron chi connectivity index (χ0n) is 13.2. The molecule has 0 saturated carbocycles. The zero-order valence-corrected chi connectivity index (χ0v) is 13.2. The fourth-order valence-electron chi connectivity index (χ4n) is 2.52. The number of aliphatic hydroxyl groups is 1. The summed E-state index contributed by atoms with van der Waals surface area (Å²) in [5.74, 6) is -2.66. The number of hydrogen-bond acceptors (Lipinski definition) is 7. The van der Waals surface area contributed by atoms with Crippen LogP contribution in [-0.4, -0.2) is 27.6 Å². The average molecular weight is 342 g/mol. The summed E-state index contributed by atoms with van der Waals surface area (Å²) < 4.78 is 10.7. The SMILES string of the molecule is CCOC(=O)C1=Cc2cc([N+](=O)[O-])ccc2OC1(O)c1ccncc1. The van der Waals surface area contributed by atoms with E-state index in [-0.39, 0.29) is 29.2 Å². The number of nitrogens with zero attached hydrogens (tertiary/aromatic N) is 2. The summed E-state index contributed by atoms with van der Waals surface area (Å²) in [7, 11) is 0. The third-order valence-corrected chi connectivity index (χ3v) is 3.69. The lowest BCUT2D eigenvalue weighted by Crippen LogP contribution is -2.40.